The number of piperidine rings is 1. The second-order valence-corrected chi connectivity index (χ2v) is 7.10. The van der Waals surface area contributed by atoms with Gasteiger partial charge in [0, 0.05) is 18.8 Å². The van der Waals surface area contributed by atoms with Gasteiger partial charge in [0.15, 0.2) is 0 Å². The van der Waals surface area contributed by atoms with Crippen LogP contribution in [-0.2, 0) is 11.3 Å². The lowest BCUT2D eigenvalue weighted by molar-refractivity contribution is -0.168. The fourth-order valence-electron chi connectivity index (χ4n) is 3.07. The zero-order valence-corrected chi connectivity index (χ0v) is 16.1. The minimum atomic E-state index is -4.19. The van der Waals surface area contributed by atoms with Crippen molar-refractivity contribution >= 4 is 11.7 Å². The standard InChI is InChI=1S/C19H27F4N3O3/c20-17(21)19(22,23)13-29-12-15-2-1-3-16(10-15)25-18(28)24-11-14-4-6-26(7-5-14)8-9-27/h1-3,10,14,17,27H,4-9,11-13H2,(H2,24,25,28). The second kappa shape index (κ2) is 11.3. The molecule has 0 unspecified atom stereocenters. The minimum Gasteiger partial charge on any atom is -0.395 e. The molecule has 0 saturated carbocycles. The maximum absolute atomic E-state index is 12.8. The molecule has 1 saturated heterocycles. The normalized spacial score (nSPS) is 16.2. The molecule has 0 aliphatic carbocycles. The van der Waals surface area contributed by atoms with Crippen LogP contribution in [-0.4, -0.2) is 67.8 Å². The largest absolute Gasteiger partial charge is 0.395 e. The quantitative estimate of drug-likeness (QED) is 0.508. The van der Waals surface area contributed by atoms with E-state index in [2.05, 4.69) is 20.3 Å². The predicted octanol–water partition coefficient (Wildman–Crippen LogP) is 2.93. The van der Waals surface area contributed by atoms with E-state index in [1.54, 1.807) is 18.2 Å². The van der Waals surface area contributed by atoms with E-state index in [9.17, 15) is 22.4 Å². The van der Waals surface area contributed by atoms with E-state index >= 15 is 0 Å². The van der Waals surface area contributed by atoms with E-state index in [-0.39, 0.29) is 19.2 Å². The molecule has 1 heterocycles. The number of likely N-dealkylation sites (tertiary alicyclic amines) is 1. The summed E-state index contributed by atoms with van der Waals surface area (Å²) in [6, 6.07) is 5.97. The number of carbonyl (C=O) groups is 1. The Balaban J connectivity index is 1.72. The van der Waals surface area contributed by atoms with Crippen LogP contribution in [0.1, 0.15) is 18.4 Å². The summed E-state index contributed by atoms with van der Waals surface area (Å²) in [5.41, 5.74) is 0.922. The molecule has 0 aromatic heterocycles. The highest BCUT2D eigenvalue weighted by molar-refractivity contribution is 5.89. The molecule has 3 N–H and O–H groups in total. The molecule has 1 aliphatic heterocycles. The summed E-state index contributed by atoms with van der Waals surface area (Å²) in [5, 5.41) is 14.4. The fourth-order valence-corrected chi connectivity index (χ4v) is 3.07. The van der Waals surface area contributed by atoms with Gasteiger partial charge in [-0.3, -0.25) is 0 Å². The number of hydrogen-bond donors (Lipinski definition) is 3. The van der Waals surface area contributed by atoms with Gasteiger partial charge in [-0.2, -0.15) is 8.78 Å². The fraction of sp³-hybridized carbons (Fsp3) is 0.632. The van der Waals surface area contributed by atoms with E-state index in [0.717, 1.165) is 25.9 Å². The van der Waals surface area contributed by atoms with Gasteiger partial charge in [-0.05, 0) is 49.5 Å². The number of alkyl halides is 4. The molecule has 1 aromatic rings. The average molecular weight is 421 g/mol. The van der Waals surface area contributed by atoms with Crippen molar-refractivity contribution in [3.05, 3.63) is 29.8 Å². The molecule has 6 nitrogen and oxygen atoms in total. The molecule has 29 heavy (non-hydrogen) atoms. The Morgan fingerprint density at radius 1 is 1.31 bits per heavy atom. The minimum absolute atomic E-state index is 0.143. The summed E-state index contributed by atoms with van der Waals surface area (Å²) in [6.07, 6.45) is -1.90. The van der Waals surface area contributed by atoms with Gasteiger partial charge in [0.05, 0.1) is 13.2 Å². The Kier molecular flexibility index (Phi) is 9.12. The van der Waals surface area contributed by atoms with Gasteiger partial charge in [-0.25, -0.2) is 13.6 Å². The number of carbonyl (C=O) groups excluding carboxylic acids is 1. The van der Waals surface area contributed by atoms with Crippen LogP contribution in [0.3, 0.4) is 0 Å². The summed E-state index contributed by atoms with van der Waals surface area (Å²) in [6.45, 7) is 1.48. The van der Waals surface area contributed by atoms with Gasteiger partial charge < -0.3 is 25.4 Å². The molecule has 0 atom stereocenters. The molecular formula is C19H27F4N3O3. The van der Waals surface area contributed by atoms with E-state index in [1.807, 2.05) is 0 Å². The van der Waals surface area contributed by atoms with Crippen molar-refractivity contribution in [2.45, 2.75) is 31.8 Å². The van der Waals surface area contributed by atoms with Crippen molar-refractivity contribution < 1.29 is 32.2 Å². The third kappa shape index (κ3) is 8.15. The van der Waals surface area contributed by atoms with Crippen LogP contribution in [0.2, 0.25) is 0 Å². The van der Waals surface area contributed by atoms with Crippen molar-refractivity contribution in [2.24, 2.45) is 5.92 Å². The number of amides is 2. The molecule has 10 heteroatoms. The monoisotopic (exact) mass is 421 g/mol. The number of nitrogens with zero attached hydrogens (tertiary/aromatic N) is 1. The van der Waals surface area contributed by atoms with Crippen molar-refractivity contribution in [3.63, 3.8) is 0 Å². The molecule has 1 aromatic carbocycles. The Morgan fingerprint density at radius 2 is 2.03 bits per heavy atom. The molecule has 0 radical (unpaired) electrons. The molecule has 0 bridgehead atoms. The smallest absolute Gasteiger partial charge is 0.330 e. The van der Waals surface area contributed by atoms with E-state index in [4.69, 9.17) is 5.11 Å². The van der Waals surface area contributed by atoms with Crippen LogP contribution in [0.15, 0.2) is 24.3 Å². The SMILES string of the molecule is O=C(NCC1CCN(CCO)CC1)Nc1cccc(COCC(F)(F)C(F)F)c1. The van der Waals surface area contributed by atoms with Crippen molar-refractivity contribution in [2.75, 3.05) is 44.7 Å². The number of anilines is 1. The third-order valence-corrected chi connectivity index (χ3v) is 4.74. The van der Waals surface area contributed by atoms with Gasteiger partial charge in [0.2, 0.25) is 0 Å². The van der Waals surface area contributed by atoms with Crippen LogP contribution in [0.4, 0.5) is 28.0 Å². The lowest BCUT2D eigenvalue weighted by Gasteiger charge is -2.31. The van der Waals surface area contributed by atoms with Crippen molar-refractivity contribution in [1.82, 2.24) is 10.2 Å². The van der Waals surface area contributed by atoms with Gasteiger partial charge in [-0.1, -0.05) is 12.1 Å². The van der Waals surface area contributed by atoms with Gasteiger partial charge in [0.1, 0.15) is 6.61 Å². The zero-order valence-electron chi connectivity index (χ0n) is 16.1. The summed E-state index contributed by atoms with van der Waals surface area (Å²) in [5.74, 6) is -3.82. The molecule has 2 rings (SSSR count). The van der Waals surface area contributed by atoms with E-state index < -0.39 is 19.0 Å². The number of nitrogens with one attached hydrogen (secondary N) is 2. The number of β-amino-alcohol motifs (C(OH)–C–C–N with tert-alkyl or cyclic N) is 1. The topological polar surface area (TPSA) is 73.8 Å². The molecular weight excluding hydrogens is 394 g/mol. The van der Waals surface area contributed by atoms with Crippen LogP contribution < -0.4 is 10.6 Å². The van der Waals surface area contributed by atoms with Gasteiger partial charge >= 0.3 is 18.4 Å². The number of halogens is 4. The average Bonchev–Trinajstić information content (AvgIpc) is 2.68. The van der Waals surface area contributed by atoms with E-state index in [1.165, 1.54) is 6.07 Å². The molecule has 1 fully saturated rings. The first kappa shape index (κ1) is 23.4. The number of aliphatic hydroxyl groups excluding tert-OH is 1. The first-order valence-corrected chi connectivity index (χ1v) is 9.51. The highest BCUT2D eigenvalue weighted by atomic mass is 19.3. The van der Waals surface area contributed by atoms with Gasteiger partial charge in [-0.15, -0.1) is 0 Å². The Hall–Kier alpha value is -1.91. The summed E-state index contributed by atoms with van der Waals surface area (Å²) >= 11 is 0. The molecule has 0 spiro atoms. The number of urea groups is 1. The summed E-state index contributed by atoms with van der Waals surface area (Å²) in [4.78, 5) is 14.3. The molecule has 164 valence electrons. The van der Waals surface area contributed by atoms with Crippen molar-refractivity contribution in [3.8, 4) is 0 Å². The lowest BCUT2D eigenvalue weighted by atomic mass is 9.97. The first-order valence-electron chi connectivity index (χ1n) is 9.51. The zero-order chi connectivity index (χ0) is 21.3. The summed E-state index contributed by atoms with van der Waals surface area (Å²) in [7, 11) is 0. The number of hydrogen-bond acceptors (Lipinski definition) is 4. The highest BCUT2D eigenvalue weighted by Gasteiger charge is 2.40. The lowest BCUT2D eigenvalue weighted by Crippen LogP contribution is -2.40. The van der Waals surface area contributed by atoms with Crippen LogP contribution in [0.5, 0.6) is 0 Å². The molecule has 1 aliphatic rings. The van der Waals surface area contributed by atoms with Crippen LogP contribution in [0.25, 0.3) is 0 Å². The second-order valence-electron chi connectivity index (χ2n) is 7.10. The maximum atomic E-state index is 12.8. The number of ether oxygens (including phenoxy) is 1. The Bertz CT molecular complexity index is 641. The number of aliphatic hydroxyl groups is 1. The highest BCUT2D eigenvalue weighted by Crippen LogP contribution is 2.23. The van der Waals surface area contributed by atoms with Crippen LogP contribution in [0, 0.1) is 5.92 Å². The van der Waals surface area contributed by atoms with Crippen LogP contribution >= 0.6 is 0 Å². The van der Waals surface area contributed by atoms with Crippen molar-refractivity contribution in [1.29, 1.82) is 0 Å². The molecule has 2 amide bonds. The Morgan fingerprint density at radius 3 is 2.69 bits per heavy atom. The Labute approximate surface area is 167 Å². The number of rotatable bonds is 10. The van der Waals surface area contributed by atoms with Gasteiger partial charge in [0.25, 0.3) is 0 Å². The third-order valence-electron chi connectivity index (χ3n) is 4.74. The predicted molar refractivity (Wildman–Crippen MR) is 100 cm³/mol. The number of benzene rings is 1. The summed E-state index contributed by atoms with van der Waals surface area (Å²) < 4.78 is 54.6. The van der Waals surface area contributed by atoms with E-state index in [0.29, 0.717) is 30.3 Å². The first-order chi connectivity index (χ1) is 13.8. The maximum Gasteiger partial charge on any atom is 0.330 e.